The van der Waals surface area contributed by atoms with Crippen LogP contribution in [-0.2, 0) is 27.2 Å². The second-order valence-electron chi connectivity index (χ2n) is 4.83. The summed E-state index contributed by atoms with van der Waals surface area (Å²) in [4.78, 5) is 23.4. The molecule has 6 nitrogen and oxygen atoms in total. The Morgan fingerprint density at radius 2 is 1.86 bits per heavy atom. The molecule has 0 saturated heterocycles. The highest BCUT2D eigenvalue weighted by Gasteiger charge is 2.05. The van der Waals surface area contributed by atoms with Crippen LogP contribution in [0.4, 0.5) is 0 Å². The molecule has 0 unspecified atom stereocenters. The van der Waals surface area contributed by atoms with E-state index in [1.165, 1.54) is 17.7 Å². The second-order valence-corrected chi connectivity index (χ2v) is 4.83. The van der Waals surface area contributed by atoms with Crippen molar-refractivity contribution in [2.45, 2.75) is 13.1 Å². The molecule has 1 N–H and O–H groups in total. The molecule has 0 bridgehead atoms. The lowest BCUT2D eigenvalue weighted by atomic mass is 10.2. The number of methoxy groups -OCH3 is 1. The Hall–Kier alpha value is -2.34. The summed E-state index contributed by atoms with van der Waals surface area (Å²) in [7, 11) is 4.75. The predicted octanol–water partition coefficient (Wildman–Crippen LogP) is 0.382. The Labute approximate surface area is 122 Å². The molecule has 0 atom stereocenters. The van der Waals surface area contributed by atoms with Gasteiger partial charge >= 0.3 is 5.69 Å². The van der Waals surface area contributed by atoms with E-state index in [1.807, 2.05) is 24.3 Å². The minimum Gasteiger partial charge on any atom is -0.497 e. The number of benzene rings is 1. The smallest absolute Gasteiger partial charge is 0.330 e. The van der Waals surface area contributed by atoms with E-state index in [0.29, 0.717) is 18.8 Å². The summed E-state index contributed by atoms with van der Waals surface area (Å²) in [6.45, 7) is 1.07. The van der Waals surface area contributed by atoms with Gasteiger partial charge in [-0.1, -0.05) is 12.1 Å². The third-order valence-corrected chi connectivity index (χ3v) is 3.39. The van der Waals surface area contributed by atoms with Crippen molar-refractivity contribution < 1.29 is 4.74 Å². The zero-order valence-electron chi connectivity index (χ0n) is 12.4. The van der Waals surface area contributed by atoms with Gasteiger partial charge in [-0.15, -0.1) is 0 Å². The average molecular weight is 289 g/mol. The molecule has 112 valence electrons. The van der Waals surface area contributed by atoms with Crippen LogP contribution >= 0.6 is 0 Å². The first-order valence-electron chi connectivity index (χ1n) is 6.62. The minimum absolute atomic E-state index is 0.295. The lowest BCUT2D eigenvalue weighted by Gasteiger charge is -2.11. The van der Waals surface area contributed by atoms with Gasteiger partial charge in [-0.3, -0.25) is 13.9 Å². The molecule has 0 spiro atoms. The van der Waals surface area contributed by atoms with Gasteiger partial charge in [0.25, 0.3) is 5.56 Å². The van der Waals surface area contributed by atoms with Crippen LogP contribution in [0.3, 0.4) is 0 Å². The maximum Gasteiger partial charge on any atom is 0.330 e. The van der Waals surface area contributed by atoms with Crippen molar-refractivity contribution in [2.75, 3.05) is 7.11 Å². The summed E-state index contributed by atoms with van der Waals surface area (Å²) in [5.74, 6) is 0.801. The summed E-state index contributed by atoms with van der Waals surface area (Å²) >= 11 is 0. The summed E-state index contributed by atoms with van der Waals surface area (Å²) in [5, 5.41) is 3.22. The van der Waals surface area contributed by atoms with Gasteiger partial charge in [0.1, 0.15) is 5.75 Å². The first kappa shape index (κ1) is 15.1. The van der Waals surface area contributed by atoms with Crippen molar-refractivity contribution in [3.8, 4) is 5.75 Å². The number of nitrogens with one attached hydrogen (secondary N) is 1. The normalized spacial score (nSPS) is 10.6. The van der Waals surface area contributed by atoms with Gasteiger partial charge < -0.3 is 10.1 Å². The number of hydrogen-bond acceptors (Lipinski definition) is 4. The number of aromatic nitrogens is 2. The molecule has 1 heterocycles. The van der Waals surface area contributed by atoms with Gasteiger partial charge in [0.15, 0.2) is 0 Å². The van der Waals surface area contributed by atoms with E-state index in [1.54, 1.807) is 14.2 Å². The lowest BCUT2D eigenvalue weighted by Crippen LogP contribution is -2.38. The fourth-order valence-electron chi connectivity index (χ4n) is 2.07. The molecule has 2 rings (SSSR count). The molecule has 21 heavy (non-hydrogen) atoms. The topological polar surface area (TPSA) is 65.3 Å². The Kier molecular flexibility index (Phi) is 4.59. The van der Waals surface area contributed by atoms with Crippen molar-refractivity contribution in [3.05, 3.63) is 62.4 Å². The maximum absolute atomic E-state index is 11.8. The third kappa shape index (κ3) is 3.41. The molecule has 0 amide bonds. The first-order chi connectivity index (χ1) is 10.0. The van der Waals surface area contributed by atoms with E-state index in [-0.39, 0.29) is 11.2 Å². The highest BCUT2D eigenvalue weighted by atomic mass is 16.5. The zero-order chi connectivity index (χ0) is 15.4. The molecule has 1 aromatic heterocycles. The molecular formula is C15H19N3O3. The van der Waals surface area contributed by atoms with E-state index >= 15 is 0 Å². The quantitative estimate of drug-likeness (QED) is 0.864. The largest absolute Gasteiger partial charge is 0.497 e. The maximum atomic E-state index is 11.8. The number of ether oxygens (including phenoxy) is 1. The predicted molar refractivity (Wildman–Crippen MR) is 80.5 cm³/mol. The molecule has 0 aliphatic heterocycles. The average Bonchev–Trinajstić information content (AvgIpc) is 2.50. The zero-order valence-corrected chi connectivity index (χ0v) is 12.4. The van der Waals surface area contributed by atoms with E-state index in [0.717, 1.165) is 15.9 Å². The van der Waals surface area contributed by atoms with Crippen LogP contribution in [0.5, 0.6) is 5.75 Å². The number of rotatable bonds is 5. The van der Waals surface area contributed by atoms with Crippen LogP contribution in [-0.4, -0.2) is 16.2 Å². The highest BCUT2D eigenvalue weighted by Crippen LogP contribution is 2.12. The number of hydrogen-bond donors (Lipinski definition) is 1. The Bertz CT molecular complexity index is 747. The number of nitrogens with zero attached hydrogens (tertiary/aromatic N) is 2. The monoisotopic (exact) mass is 289 g/mol. The van der Waals surface area contributed by atoms with Gasteiger partial charge in [0.2, 0.25) is 0 Å². The van der Waals surface area contributed by atoms with Crippen LogP contribution in [0.25, 0.3) is 0 Å². The second kappa shape index (κ2) is 6.41. The molecule has 1 aromatic carbocycles. The molecule has 0 aliphatic carbocycles. The molecule has 6 heteroatoms. The van der Waals surface area contributed by atoms with Crippen LogP contribution in [0.1, 0.15) is 11.3 Å². The van der Waals surface area contributed by atoms with E-state index in [2.05, 4.69) is 5.32 Å². The van der Waals surface area contributed by atoms with Gasteiger partial charge in [0.05, 0.1) is 7.11 Å². The summed E-state index contributed by atoms with van der Waals surface area (Å²) in [6.07, 6.45) is 0. The minimum atomic E-state index is -0.319. The van der Waals surface area contributed by atoms with Crippen molar-refractivity contribution in [1.29, 1.82) is 0 Å². The Morgan fingerprint density at radius 1 is 1.10 bits per heavy atom. The van der Waals surface area contributed by atoms with Gasteiger partial charge in [-0.25, -0.2) is 4.79 Å². The van der Waals surface area contributed by atoms with Gasteiger partial charge in [0, 0.05) is 38.9 Å². The lowest BCUT2D eigenvalue weighted by molar-refractivity contribution is 0.414. The van der Waals surface area contributed by atoms with Crippen molar-refractivity contribution in [1.82, 2.24) is 14.5 Å². The fourth-order valence-corrected chi connectivity index (χ4v) is 2.07. The molecule has 0 saturated carbocycles. The van der Waals surface area contributed by atoms with Gasteiger partial charge in [-0.2, -0.15) is 0 Å². The summed E-state index contributed by atoms with van der Waals surface area (Å²) in [6, 6.07) is 9.20. The highest BCUT2D eigenvalue weighted by molar-refractivity contribution is 5.28. The standard InChI is InChI=1S/C15H19N3O3/c1-17-12(8-14(19)18(2)15(17)20)10-16-9-11-5-4-6-13(7-11)21-3/h4-8,16H,9-10H2,1-3H3. The first-order valence-corrected chi connectivity index (χ1v) is 6.62. The fraction of sp³-hybridized carbons (Fsp3) is 0.333. The summed E-state index contributed by atoms with van der Waals surface area (Å²) < 4.78 is 7.73. The van der Waals surface area contributed by atoms with E-state index < -0.39 is 0 Å². The van der Waals surface area contributed by atoms with Gasteiger partial charge in [-0.05, 0) is 17.7 Å². The molecule has 0 aliphatic rings. The Balaban J connectivity index is 2.07. The van der Waals surface area contributed by atoms with Crippen LogP contribution in [0, 0.1) is 0 Å². The van der Waals surface area contributed by atoms with Crippen LogP contribution in [0.2, 0.25) is 0 Å². The van der Waals surface area contributed by atoms with E-state index in [9.17, 15) is 9.59 Å². The van der Waals surface area contributed by atoms with Crippen molar-refractivity contribution in [3.63, 3.8) is 0 Å². The molecule has 0 radical (unpaired) electrons. The van der Waals surface area contributed by atoms with Crippen LogP contribution < -0.4 is 21.3 Å². The Morgan fingerprint density at radius 3 is 2.57 bits per heavy atom. The third-order valence-electron chi connectivity index (χ3n) is 3.39. The van der Waals surface area contributed by atoms with Crippen molar-refractivity contribution in [2.24, 2.45) is 14.1 Å². The molecular weight excluding hydrogens is 270 g/mol. The molecule has 0 fully saturated rings. The SMILES string of the molecule is COc1cccc(CNCc2cc(=O)n(C)c(=O)n2C)c1. The summed E-state index contributed by atoms with van der Waals surface area (Å²) in [5.41, 5.74) is 1.12. The van der Waals surface area contributed by atoms with E-state index in [4.69, 9.17) is 4.74 Å². The molecule has 2 aromatic rings. The van der Waals surface area contributed by atoms with Crippen molar-refractivity contribution >= 4 is 0 Å². The van der Waals surface area contributed by atoms with Crippen LogP contribution in [0.15, 0.2) is 39.9 Å².